The van der Waals surface area contributed by atoms with E-state index in [2.05, 4.69) is 37.0 Å². The molecule has 0 unspecified atom stereocenters. The Labute approximate surface area is 244 Å². The molecule has 1 aliphatic heterocycles. The summed E-state index contributed by atoms with van der Waals surface area (Å²) < 4.78 is 33.8. The van der Waals surface area contributed by atoms with Gasteiger partial charge < -0.3 is 15.4 Å². The zero-order chi connectivity index (χ0) is 29.4. The zero-order valence-corrected chi connectivity index (χ0v) is 24.3. The molecule has 3 N–H and O–H groups in total. The van der Waals surface area contributed by atoms with Crippen LogP contribution in [-0.2, 0) is 10.0 Å². The summed E-state index contributed by atoms with van der Waals surface area (Å²) in [5, 5.41) is 6.68. The largest absolute Gasteiger partial charge is 0.438 e. The Balaban J connectivity index is 1.58. The third-order valence-corrected chi connectivity index (χ3v) is 8.17. The van der Waals surface area contributed by atoms with Crippen molar-refractivity contribution in [3.63, 3.8) is 0 Å². The first-order valence-electron chi connectivity index (χ1n) is 13.0. The number of rotatable bonds is 8. The minimum atomic E-state index is -4.20. The van der Waals surface area contributed by atoms with E-state index in [-0.39, 0.29) is 27.4 Å². The summed E-state index contributed by atoms with van der Waals surface area (Å²) in [5.41, 5.74) is 1.93. The number of pyridine rings is 1. The highest BCUT2D eigenvalue weighted by atomic mass is 35.5. The molecule has 1 aromatic heterocycles. The van der Waals surface area contributed by atoms with Crippen molar-refractivity contribution in [3.05, 3.63) is 88.6 Å². The van der Waals surface area contributed by atoms with E-state index in [0.717, 1.165) is 25.9 Å². The van der Waals surface area contributed by atoms with Gasteiger partial charge in [0.2, 0.25) is 11.8 Å². The fraction of sp³-hybridized carbons (Fsp3) is 0.241. The van der Waals surface area contributed by atoms with E-state index < -0.39 is 15.9 Å². The molecule has 0 saturated carbocycles. The number of nitrogens with one attached hydrogen (secondary N) is 3. The van der Waals surface area contributed by atoms with E-state index in [0.29, 0.717) is 28.5 Å². The number of aryl methyl sites for hydroxylation is 1. The molecular formula is C29H31ClN6O4S. The Bertz CT molecular complexity index is 1600. The number of sulfonamides is 1. The van der Waals surface area contributed by atoms with Crippen molar-refractivity contribution in [1.29, 1.82) is 0 Å². The van der Waals surface area contributed by atoms with Gasteiger partial charge in [-0.25, -0.2) is 28.1 Å². The molecule has 12 heteroatoms. The molecular weight excluding hydrogens is 564 g/mol. The predicted molar refractivity (Wildman–Crippen MR) is 161 cm³/mol. The highest BCUT2D eigenvalue weighted by Crippen LogP contribution is 2.31. The fourth-order valence-corrected chi connectivity index (χ4v) is 5.68. The second-order valence-electron chi connectivity index (χ2n) is 9.26. The summed E-state index contributed by atoms with van der Waals surface area (Å²) in [5.74, 6) is 0.119. The van der Waals surface area contributed by atoms with Gasteiger partial charge in [-0.2, -0.15) is 0 Å². The number of amides is 1. The molecule has 0 bridgehead atoms. The van der Waals surface area contributed by atoms with Crippen LogP contribution >= 0.6 is 11.6 Å². The van der Waals surface area contributed by atoms with Crippen LogP contribution in [0.25, 0.3) is 5.70 Å². The number of aromatic nitrogens is 1. The van der Waals surface area contributed by atoms with Crippen LogP contribution in [0.1, 0.15) is 41.3 Å². The quantitative estimate of drug-likeness (QED) is 0.254. The van der Waals surface area contributed by atoms with Crippen LogP contribution < -0.4 is 20.1 Å². The molecule has 1 aliphatic rings. The van der Waals surface area contributed by atoms with Gasteiger partial charge in [0.1, 0.15) is 10.6 Å². The van der Waals surface area contributed by atoms with Crippen LogP contribution in [0.15, 0.2) is 81.8 Å². The number of guanidine groups is 1. The Morgan fingerprint density at radius 1 is 1.22 bits per heavy atom. The van der Waals surface area contributed by atoms with Crippen molar-refractivity contribution in [1.82, 2.24) is 20.3 Å². The Morgan fingerprint density at radius 3 is 2.73 bits per heavy atom. The first-order chi connectivity index (χ1) is 19.7. The predicted octanol–water partition coefficient (Wildman–Crippen LogP) is 4.71. The van der Waals surface area contributed by atoms with Crippen LogP contribution in [0, 0.1) is 6.92 Å². The second kappa shape index (κ2) is 13.5. The minimum Gasteiger partial charge on any atom is -0.438 e. The van der Waals surface area contributed by atoms with E-state index in [1.54, 1.807) is 31.3 Å². The number of carbonyl (C=O) groups excluding carboxylic acids is 1. The molecule has 1 fully saturated rings. The van der Waals surface area contributed by atoms with Crippen molar-refractivity contribution in [3.8, 4) is 11.6 Å². The molecule has 0 spiro atoms. The average Bonchev–Trinajstić information content (AvgIpc) is 2.97. The summed E-state index contributed by atoms with van der Waals surface area (Å²) in [6.45, 7) is 9.10. The fourth-order valence-electron chi connectivity index (χ4n) is 4.19. The molecule has 214 valence electrons. The Hall–Kier alpha value is -4.06. The minimum absolute atomic E-state index is 0.00581. The molecule has 0 aliphatic carbocycles. The highest BCUT2D eigenvalue weighted by molar-refractivity contribution is 7.90. The molecule has 1 saturated heterocycles. The number of carbonyl (C=O) groups is 1. The van der Waals surface area contributed by atoms with Gasteiger partial charge in [-0.15, -0.1) is 0 Å². The smallest absolute Gasteiger partial charge is 0.265 e. The van der Waals surface area contributed by atoms with E-state index in [1.807, 2.05) is 19.1 Å². The lowest BCUT2D eigenvalue weighted by Gasteiger charge is -2.24. The number of allylic oxidation sites excluding steroid dienone is 1. The van der Waals surface area contributed by atoms with Crippen molar-refractivity contribution < 1.29 is 17.9 Å². The van der Waals surface area contributed by atoms with Crippen LogP contribution in [0.5, 0.6) is 11.6 Å². The maximum Gasteiger partial charge on any atom is 0.265 e. The first kappa shape index (κ1) is 29.9. The third-order valence-electron chi connectivity index (χ3n) is 6.34. The summed E-state index contributed by atoms with van der Waals surface area (Å²) in [6.07, 6.45) is 5.45. The molecule has 41 heavy (non-hydrogen) atoms. The van der Waals surface area contributed by atoms with Crippen LogP contribution in [0.3, 0.4) is 0 Å². The number of piperidine rings is 1. The van der Waals surface area contributed by atoms with Gasteiger partial charge in [-0.3, -0.25) is 4.79 Å². The van der Waals surface area contributed by atoms with Gasteiger partial charge in [0.25, 0.3) is 15.9 Å². The van der Waals surface area contributed by atoms with Crippen LogP contribution in [0.2, 0.25) is 5.02 Å². The standard InChI is InChI=1S/C29H31ClN6O4S/c1-4-24(35-29(31-3)34-21-9-7-15-32-18-21)22-10-8-16-33-28(22)40-25-17-20(14-13-19(25)2)27(37)36-41(38,39)26-12-6-5-11-23(26)30/h4-6,8,10-14,16-17,21,32H,3,7,9,15,18H2,1-2H3,(H,34,35)(H,36,37)/b24-4-/t21-/m0/s1. The number of halogens is 1. The lowest BCUT2D eigenvalue weighted by atomic mass is 10.1. The summed E-state index contributed by atoms with van der Waals surface area (Å²) in [4.78, 5) is 25.9. The van der Waals surface area contributed by atoms with Crippen LogP contribution in [-0.4, -0.2) is 51.1 Å². The molecule has 4 rings (SSSR count). The normalized spacial score (nSPS) is 16.1. The topological polar surface area (TPSA) is 134 Å². The number of benzene rings is 2. The second-order valence-corrected chi connectivity index (χ2v) is 11.3. The number of nitrogens with zero attached hydrogens (tertiary/aromatic N) is 3. The lowest BCUT2D eigenvalue weighted by Crippen LogP contribution is -2.45. The van der Waals surface area contributed by atoms with Gasteiger partial charge in [0.05, 0.1) is 16.3 Å². The number of hydrogen-bond donors (Lipinski definition) is 3. The zero-order valence-electron chi connectivity index (χ0n) is 22.7. The van der Waals surface area contributed by atoms with Gasteiger partial charge in [0.15, 0.2) is 0 Å². The molecule has 10 nitrogen and oxygen atoms in total. The maximum atomic E-state index is 12.9. The van der Waals surface area contributed by atoms with Crippen LogP contribution in [0.4, 0.5) is 0 Å². The highest BCUT2D eigenvalue weighted by Gasteiger charge is 2.22. The van der Waals surface area contributed by atoms with Crippen molar-refractivity contribution >= 4 is 45.9 Å². The Morgan fingerprint density at radius 2 is 2.02 bits per heavy atom. The van der Waals surface area contributed by atoms with Gasteiger partial charge in [-0.1, -0.05) is 35.9 Å². The summed E-state index contributed by atoms with van der Waals surface area (Å²) >= 11 is 6.03. The van der Waals surface area contributed by atoms with Gasteiger partial charge in [-0.05, 0) is 81.9 Å². The third kappa shape index (κ3) is 7.57. The Kier molecular flexibility index (Phi) is 9.87. The van der Waals surface area contributed by atoms with E-state index in [4.69, 9.17) is 16.3 Å². The van der Waals surface area contributed by atoms with E-state index in [1.165, 1.54) is 30.3 Å². The molecule has 1 atom stereocenters. The van der Waals surface area contributed by atoms with Gasteiger partial charge >= 0.3 is 0 Å². The first-order valence-corrected chi connectivity index (χ1v) is 14.8. The average molecular weight is 595 g/mol. The van der Waals surface area contributed by atoms with Crippen molar-refractivity contribution in [2.45, 2.75) is 37.6 Å². The molecule has 2 heterocycles. The number of aliphatic imine (C=N–C) groups is 2. The lowest BCUT2D eigenvalue weighted by molar-refractivity contribution is 0.0981. The SMILES string of the molecule is C=N/C(=N\C(=C/C)c1cccnc1Oc1cc(C(=O)NS(=O)(=O)c2ccccc2Cl)ccc1C)N[C@H]1CCCNC1. The van der Waals surface area contributed by atoms with Crippen molar-refractivity contribution in [2.24, 2.45) is 9.98 Å². The number of ether oxygens (including phenoxy) is 1. The summed E-state index contributed by atoms with van der Waals surface area (Å²) in [7, 11) is -4.20. The monoisotopic (exact) mass is 594 g/mol. The number of hydrogen-bond acceptors (Lipinski definition) is 7. The molecule has 2 aromatic carbocycles. The molecule has 3 aromatic rings. The maximum absolute atomic E-state index is 12.9. The molecule has 1 amide bonds. The summed E-state index contributed by atoms with van der Waals surface area (Å²) in [6, 6.07) is 14.3. The van der Waals surface area contributed by atoms with Crippen molar-refractivity contribution in [2.75, 3.05) is 13.1 Å². The van der Waals surface area contributed by atoms with E-state index in [9.17, 15) is 13.2 Å². The molecule has 0 radical (unpaired) electrons. The van der Waals surface area contributed by atoms with Gasteiger partial charge in [0, 0.05) is 24.3 Å². The van der Waals surface area contributed by atoms with E-state index >= 15 is 0 Å².